The zero-order valence-electron chi connectivity index (χ0n) is 8.98. The van der Waals surface area contributed by atoms with Crippen LogP contribution in [0.15, 0.2) is 24.3 Å². The second-order valence-electron chi connectivity index (χ2n) is 3.36. The van der Waals surface area contributed by atoms with Crippen molar-refractivity contribution in [3.63, 3.8) is 0 Å². The minimum absolute atomic E-state index is 0.137. The number of nitrogens with one attached hydrogen (secondary N) is 1. The number of aliphatic carboxylic acids is 1. The molecule has 0 aromatic heterocycles. The molecule has 1 atom stereocenters. The zero-order chi connectivity index (χ0) is 13.7. The van der Waals surface area contributed by atoms with E-state index in [4.69, 9.17) is 5.11 Å². The van der Waals surface area contributed by atoms with Gasteiger partial charge in [0.05, 0.1) is 4.92 Å². The quantitative estimate of drug-likeness (QED) is 0.564. The van der Waals surface area contributed by atoms with Crippen molar-refractivity contribution in [2.24, 2.45) is 0 Å². The van der Waals surface area contributed by atoms with Crippen LogP contribution in [-0.4, -0.2) is 33.5 Å². The number of nitrogens with zero attached hydrogens (tertiary/aromatic N) is 2. The van der Waals surface area contributed by atoms with Crippen molar-refractivity contribution >= 4 is 17.3 Å². The molecule has 0 aliphatic heterocycles. The molecule has 0 amide bonds. The lowest BCUT2D eigenvalue weighted by molar-refractivity contribution is -0.480. The van der Waals surface area contributed by atoms with Crippen molar-refractivity contribution in [1.82, 2.24) is 0 Å². The number of nitro benzene ring substituents is 1. The molecule has 0 saturated carbocycles. The number of carbonyl (C=O) groups is 1. The van der Waals surface area contributed by atoms with E-state index in [9.17, 15) is 25.0 Å². The Morgan fingerprint density at radius 2 is 2.06 bits per heavy atom. The maximum atomic E-state index is 10.8. The van der Waals surface area contributed by atoms with E-state index in [1.807, 2.05) is 0 Å². The molecule has 0 radical (unpaired) electrons. The number of nitro groups is 2. The lowest BCUT2D eigenvalue weighted by Gasteiger charge is -2.11. The average Bonchev–Trinajstić information content (AvgIpc) is 2.27. The zero-order valence-corrected chi connectivity index (χ0v) is 8.98. The van der Waals surface area contributed by atoms with Crippen molar-refractivity contribution in [2.45, 2.75) is 6.04 Å². The van der Waals surface area contributed by atoms with E-state index in [1.54, 1.807) is 0 Å². The first-order valence-electron chi connectivity index (χ1n) is 4.75. The third-order valence-electron chi connectivity index (χ3n) is 2.03. The molecule has 0 heterocycles. The number of hydrogen-bond donors (Lipinski definition) is 2. The van der Waals surface area contributed by atoms with Gasteiger partial charge in [-0.3, -0.25) is 20.2 Å². The van der Waals surface area contributed by atoms with Crippen LogP contribution in [0.1, 0.15) is 0 Å². The number of rotatable bonds is 6. The Labute approximate surface area is 100 Å². The van der Waals surface area contributed by atoms with Crippen LogP contribution < -0.4 is 5.32 Å². The molecule has 0 aliphatic rings. The fourth-order valence-electron chi connectivity index (χ4n) is 1.24. The summed E-state index contributed by atoms with van der Waals surface area (Å²) in [5.74, 6) is -1.40. The van der Waals surface area contributed by atoms with Gasteiger partial charge in [0, 0.05) is 22.7 Å². The van der Waals surface area contributed by atoms with Gasteiger partial charge in [-0.05, 0) is 6.07 Å². The molecule has 0 saturated heterocycles. The van der Waals surface area contributed by atoms with Crippen molar-refractivity contribution in [3.8, 4) is 0 Å². The van der Waals surface area contributed by atoms with Crippen LogP contribution in [0.2, 0.25) is 0 Å². The number of benzene rings is 1. The summed E-state index contributed by atoms with van der Waals surface area (Å²) in [5, 5.41) is 31.9. The standard InChI is InChI=1S/C9H9N3O6/c13-9(14)8(5-11(15)16)10-6-2-1-3-7(4-6)12(17)18/h1-4,8,10H,5H2,(H,13,14). The summed E-state index contributed by atoms with van der Waals surface area (Å²) in [7, 11) is 0. The molecule has 18 heavy (non-hydrogen) atoms. The first-order chi connectivity index (χ1) is 8.40. The van der Waals surface area contributed by atoms with Crippen LogP contribution in [0.25, 0.3) is 0 Å². The Balaban J connectivity index is 2.86. The summed E-state index contributed by atoms with van der Waals surface area (Å²) in [6.07, 6.45) is 0. The molecule has 1 unspecified atom stereocenters. The fraction of sp³-hybridized carbons (Fsp3) is 0.222. The van der Waals surface area contributed by atoms with E-state index in [0.29, 0.717) is 0 Å². The number of anilines is 1. The molecule has 0 spiro atoms. The van der Waals surface area contributed by atoms with E-state index < -0.39 is 28.4 Å². The second kappa shape index (κ2) is 5.57. The van der Waals surface area contributed by atoms with E-state index in [-0.39, 0.29) is 11.4 Å². The van der Waals surface area contributed by atoms with Gasteiger partial charge in [-0.2, -0.15) is 0 Å². The first kappa shape index (κ1) is 13.4. The summed E-state index contributed by atoms with van der Waals surface area (Å²) >= 11 is 0. The van der Waals surface area contributed by atoms with Gasteiger partial charge in [-0.25, -0.2) is 4.79 Å². The van der Waals surface area contributed by atoms with Crippen LogP contribution >= 0.6 is 0 Å². The highest BCUT2D eigenvalue weighted by Crippen LogP contribution is 2.17. The van der Waals surface area contributed by atoms with Gasteiger partial charge in [0.1, 0.15) is 0 Å². The largest absolute Gasteiger partial charge is 0.480 e. The van der Waals surface area contributed by atoms with Crippen LogP contribution in [0, 0.1) is 20.2 Å². The van der Waals surface area contributed by atoms with Gasteiger partial charge in [-0.15, -0.1) is 0 Å². The maximum Gasteiger partial charge on any atom is 0.333 e. The van der Waals surface area contributed by atoms with Gasteiger partial charge in [0.2, 0.25) is 6.54 Å². The molecule has 1 rings (SSSR count). The highest BCUT2D eigenvalue weighted by molar-refractivity contribution is 5.77. The molecule has 1 aromatic rings. The Bertz CT molecular complexity index is 489. The molecule has 9 heteroatoms. The summed E-state index contributed by atoms with van der Waals surface area (Å²) in [6.45, 7) is -0.821. The summed E-state index contributed by atoms with van der Waals surface area (Å²) in [4.78, 5) is 30.1. The molecule has 0 fully saturated rings. The van der Waals surface area contributed by atoms with Gasteiger partial charge >= 0.3 is 5.97 Å². The number of hydrogen-bond acceptors (Lipinski definition) is 6. The van der Waals surface area contributed by atoms with Crippen molar-refractivity contribution < 1.29 is 19.7 Å². The van der Waals surface area contributed by atoms with Crippen LogP contribution in [0.3, 0.4) is 0 Å². The predicted octanol–water partition coefficient (Wildman–Crippen LogP) is 0.737. The normalized spacial score (nSPS) is 11.6. The van der Waals surface area contributed by atoms with Gasteiger partial charge in [0.25, 0.3) is 5.69 Å². The van der Waals surface area contributed by atoms with E-state index in [0.717, 1.165) is 6.07 Å². The Morgan fingerprint density at radius 1 is 1.39 bits per heavy atom. The van der Waals surface area contributed by atoms with Crippen LogP contribution in [-0.2, 0) is 4.79 Å². The lowest BCUT2D eigenvalue weighted by atomic mass is 10.2. The second-order valence-corrected chi connectivity index (χ2v) is 3.36. The monoisotopic (exact) mass is 255 g/mol. The number of non-ortho nitro benzene ring substituents is 1. The Kier molecular flexibility index (Phi) is 4.13. The van der Waals surface area contributed by atoms with Gasteiger partial charge in [0.15, 0.2) is 6.04 Å². The Morgan fingerprint density at radius 3 is 2.56 bits per heavy atom. The summed E-state index contributed by atoms with van der Waals surface area (Å²) in [6, 6.07) is 3.64. The average molecular weight is 255 g/mol. The SMILES string of the molecule is O=C(O)C(C[N+](=O)[O-])Nc1cccc([N+](=O)[O-])c1. The maximum absolute atomic E-state index is 10.8. The number of carboxylic acid groups (broad SMARTS) is 1. The predicted molar refractivity (Wildman–Crippen MR) is 60.0 cm³/mol. The van der Waals surface area contributed by atoms with E-state index >= 15 is 0 Å². The van der Waals surface area contributed by atoms with Crippen molar-refractivity contribution in [2.75, 3.05) is 11.9 Å². The summed E-state index contributed by atoms with van der Waals surface area (Å²) < 4.78 is 0. The molecular weight excluding hydrogens is 246 g/mol. The topological polar surface area (TPSA) is 136 Å². The van der Waals surface area contributed by atoms with Gasteiger partial charge in [-0.1, -0.05) is 6.07 Å². The molecule has 0 aliphatic carbocycles. The first-order valence-corrected chi connectivity index (χ1v) is 4.75. The number of carboxylic acids is 1. The molecule has 96 valence electrons. The van der Waals surface area contributed by atoms with Crippen molar-refractivity contribution in [1.29, 1.82) is 0 Å². The van der Waals surface area contributed by atoms with E-state index in [1.165, 1.54) is 18.2 Å². The van der Waals surface area contributed by atoms with Crippen LogP contribution in [0.5, 0.6) is 0 Å². The molecule has 2 N–H and O–H groups in total. The highest BCUT2D eigenvalue weighted by Gasteiger charge is 2.23. The highest BCUT2D eigenvalue weighted by atomic mass is 16.6. The lowest BCUT2D eigenvalue weighted by Crippen LogP contribution is -2.36. The molecule has 1 aromatic carbocycles. The molecular formula is C9H9N3O6. The minimum atomic E-state index is -1.44. The third-order valence-corrected chi connectivity index (χ3v) is 2.03. The van der Waals surface area contributed by atoms with Crippen LogP contribution in [0.4, 0.5) is 11.4 Å². The molecule has 9 nitrogen and oxygen atoms in total. The van der Waals surface area contributed by atoms with Crippen molar-refractivity contribution in [3.05, 3.63) is 44.5 Å². The molecule has 0 bridgehead atoms. The third kappa shape index (κ3) is 3.70. The minimum Gasteiger partial charge on any atom is -0.480 e. The summed E-state index contributed by atoms with van der Waals surface area (Å²) in [5.41, 5.74) is -0.0938. The fourth-order valence-corrected chi connectivity index (χ4v) is 1.24. The van der Waals surface area contributed by atoms with Gasteiger partial charge < -0.3 is 10.4 Å². The smallest absolute Gasteiger partial charge is 0.333 e. The van der Waals surface area contributed by atoms with E-state index in [2.05, 4.69) is 5.32 Å². The Hall–Kier alpha value is -2.71.